The van der Waals surface area contributed by atoms with E-state index in [0.29, 0.717) is 5.56 Å². The molecular weight excluding hydrogens is 196 g/mol. The minimum Gasteiger partial charge on any atom is -0.347 e. The van der Waals surface area contributed by atoms with Gasteiger partial charge in [-0.05, 0) is 13.0 Å². The molecule has 72 valence electrons. The normalized spacial score (nSPS) is 10.4. The predicted molar refractivity (Wildman–Crippen MR) is 55.8 cm³/mol. The number of hydrogen-bond acceptors (Lipinski definition) is 3. The maximum absolute atomic E-state index is 10.5. The van der Waals surface area contributed by atoms with Crippen LogP contribution in [-0.2, 0) is 6.54 Å². The summed E-state index contributed by atoms with van der Waals surface area (Å²) < 4.78 is 1.96. The van der Waals surface area contributed by atoms with Crippen LogP contribution in [0.25, 0.3) is 0 Å². The lowest BCUT2D eigenvalue weighted by Gasteiger charge is -1.96. The van der Waals surface area contributed by atoms with E-state index < -0.39 is 0 Å². The van der Waals surface area contributed by atoms with E-state index in [1.54, 1.807) is 17.4 Å². The monoisotopic (exact) mass is 206 g/mol. The molecule has 0 spiro atoms. The SMILES string of the molecule is Cc1csc(Cn2ccc(C=O)c2)n1. The molecule has 0 aliphatic carbocycles. The van der Waals surface area contributed by atoms with Crippen molar-refractivity contribution in [3.8, 4) is 0 Å². The van der Waals surface area contributed by atoms with Crippen molar-refractivity contribution in [2.75, 3.05) is 0 Å². The van der Waals surface area contributed by atoms with Crippen LogP contribution in [0.15, 0.2) is 23.8 Å². The van der Waals surface area contributed by atoms with Gasteiger partial charge < -0.3 is 4.57 Å². The minimum absolute atomic E-state index is 0.707. The molecule has 0 saturated carbocycles. The van der Waals surface area contributed by atoms with E-state index in [2.05, 4.69) is 4.98 Å². The third-order valence-corrected chi connectivity index (χ3v) is 2.85. The van der Waals surface area contributed by atoms with Gasteiger partial charge >= 0.3 is 0 Å². The van der Waals surface area contributed by atoms with Crippen molar-refractivity contribution in [2.24, 2.45) is 0 Å². The third kappa shape index (κ3) is 1.90. The zero-order valence-corrected chi connectivity index (χ0v) is 8.62. The van der Waals surface area contributed by atoms with Crippen molar-refractivity contribution in [2.45, 2.75) is 13.5 Å². The second kappa shape index (κ2) is 3.75. The van der Waals surface area contributed by atoms with Crippen LogP contribution in [0.3, 0.4) is 0 Å². The van der Waals surface area contributed by atoms with E-state index in [1.165, 1.54) is 0 Å². The van der Waals surface area contributed by atoms with Crippen LogP contribution >= 0.6 is 11.3 Å². The number of nitrogens with zero attached hydrogens (tertiary/aromatic N) is 2. The third-order valence-electron chi connectivity index (χ3n) is 1.89. The summed E-state index contributed by atoms with van der Waals surface area (Å²) in [5, 5.41) is 3.09. The molecule has 0 atom stereocenters. The van der Waals surface area contributed by atoms with Crippen molar-refractivity contribution in [1.82, 2.24) is 9.55 Å². The molecule has 0 aromatic carbocycles. The lowest BCUT2D eigenvalue weighted by molar-refractivity contribution is 0.112. The molecule has 0 bridgehead atoms. The lowest BCUT2D eigenvalue weighted by Crippen LogP contribution is -1.95. The van der Waals surface area contributed by atoms with Gasteiger partial charge in [0.2, 0.25) is 0 Å². The molecule has 0 aliphatic heterocycles. The molecular formula is C10H10N2OS. The molecule has 0 saturated heterocycles. The Morgan fingerprint density at radius 2 is 2.50 bits per heavy atom. The first-order valence-electron chi connectivity index (χ1n) is 4.30. The zero-order chi connectivity index (χ0) is 9.97. The van der Waals surface area contributed by atoms with Crippen molar-refractivity contribution in [1.29, 1.82) is 0 Å². The number of rotatable bonds is 3. The Kier molecular flexibility index (Phi) is 2.45. The number of aromatic nitrogens is 2. The summed E-state index contributed by atoms with van der Waals surface area (Å²) in [6.07, 6.45) is 4.56. The predicted octanol–water partition coefficient (Wildman–Crippen LogP) is 2.11. The fourth-order valence-corrected chi connectivity index (χ4v) is 2.04. The van der Waals surface area contributed by atoms with Gasteiger partial charge in [0.05, 0.1) is 6.54 Å². The van der Waals surface area contributed by atoms with Crippen molar-refractivity contribution in [3.05, 3.63) is 40.1 Å². The molecule has 0 radical (unpaired) electrons. The van der Waals surface area contributed by atoms with Gasteiger partial charge in [-0.3, -0.25) is 4.79 Å². The van der Waals surface area contributed by atoms with Gasteiger partial charge in [0.25, 0.3) is 0 Å². The van der Waals surface area contributed by atoms with E-state index in [-0.39, 0.29) is 0 Å². The van der Waals surface area contributed by atoms with Crippen molar-refractivity contribution < 1.29 is 4.79 Å². The summed E-state index contributed by atoms with van der Waals surface area (Å²) in [7, 11) is 0. The van der Waals surface area contributed by atoms with Crippen LogP contribution in [0.1, 0.15) is 21.1 Å². The van der Waals surface area contributed by atoms with Gasteiger partial charge in [-0.2, -0.15) is 0 Å². The topological polar surface area (TPSA) is 34.9 Å². The molecule has 0 fully saturated rings. The first-order chi connectivity index (χ1) is 6.78. The summed E-state index contributed by atoms with van der Waals surface area (Å²) in [5.41, 5.74) is 1.76. The maximum Gasteiger partial charge on any atom is 0.151 e. The summed E-state index contributed by atoms with van der Waals surface area (Å²) in [6.45, 7) is 2.72. The molecule has 0 N–H and O–H groups in total. The van der Waals surface area contributed by atoms with Crippen molar-refractivity contribution in [3.63, 3.8) is 0 Å². The van der Waals surface area contributed by atoms with E-state index >= 15 is 0 Å². The molecule has 2 heterocycles. The summed E-state index contributed by atoms with van der Waals surface area (Å²) in [5.74, 6) is 0. The van der Waals surface area contributed by atoms with E-state index in [4.69, 9.17) is 0 Å². The van der Waals surface area contributed by atoms with Crippen LogP contribution in [0.2, 0.25) is 0 Å². The fourth-order valence-electron chi connectivity index (χ4n) is 1.26. The van der Waals surface area contributed by atoms with Gasteiger partial charge in [-0.1, -0.05) is 0 Å². The van der Waals surface area contributed by atoms with E-state index in [9.17, 15) is 4.79 Å². The van der Waals surface area contributed by atoms with Crippen molar-refractivity contribution >= 4 is 17.6 Å². The average Bonchev–Trinajstić information content (AvgIpc) is 2.76. The largest absolute Gasteiger partial charge is 0.347 e. The molecule has 2 rings (SSSR count). The van der Waals surface area contributed by atoms with E-state index in [1.807, 2.05) is 29.3 Å². The van der Waals surface area contributed by atoms with Crippen LogP contribution in [0.4, 0.5) is 0 Å². The zero-order valence-electron chi connectivity index (χ0n) is 7.80. The Morgan fingerprint density at radius 1 is 1.64 bits per heavy atom. The number of hydrogen-bond donors (Lipinski definition) is 0. The molecule has 14 heavy (non-hydrogen) atoms. The van der Waals surface area contributed by atoms with Crippen LogP contribution in [0, 0.1) is 6.92 Å². The van der Waals surface area contributed by atoms with Gasteiger partial charge in [0.1, 0.15) is 5.01 Å². The Bertz CT molecular complexity index is 444. The number of aryl methyl sites for hydroxylation is 1. The van der Waals surface area contributed by atoms with Crippen LogP contribution in [0.5, 0.6) is 0 Å². The number of aldehydes is 1. The average molecular weight is 206 g/mol. The van der Waals surface area contributed by atoms with E-state index in [0.717, 1.165) is 23.5 Å². The second-order valence-electron chi connectivity index (χ2n) is 3.12. The molecule has 0 amide bonds. The Balaban J connectivity index is 2.14. The first-order valence-corrected chi connectivity index (χ1v) is 5.18. The second-order valence-corrected chi connectivity index (χ2v) is 4.06. The molecule has 2 aromatic rings. The lowest BCUT2D eigenvalue weighted by atomic mass is 10.4. The Morgan fingerprint density at radius 3 is 3.07 bits per heavy atom. The van der Waals surface area contributed by atoms with Gasteiger partial charge in [0, 0.05) is 29.0 Å². The fraction of sp³-hybridized carbons (Fsp3) is 0.200. The summed E-state index contributed by atoms with van der Waals surface area (Å²) in [4.78, 5) is 14.8. The number of carbonyl (C=O) groups is 1. The number of thiazole rings is 1. The minimum atomic E-state index is 0.707. The molecule has 0 aliphatic rings. The molecule has 2 aromatic heterocycles. The van der Waals surface area contributed by atoms with Gasteiger partial charge in [-0.25, -0.2) is 4.98 Å². The first kappa shape index (κ1) is 9.15. The van der Waals surface area contributed by atoms with Gasteiger partial charge in [0.15, 0.2) is 6.29 Å². The van der Waals surface area contributed by atoms with Gasteiger partial charge in [-0.15, -0.1) is 11.3 Å². The quantitative estimate of drug-likeness (QED) is 0.721. The molecule has 3 nitrogen and oxygen atoms in total. The van der Waals surface area contributed by atoms with Crippen LogP contribution < -0.4 is 0 Å². The highest BCUT2D eigenvalue weighted by atomic mass is 32.1. The molecule has 0 unspecified atom stereocenters. The maximum atomic E-state index is 10.5. The summed E-state index contributed by atoms with van der Waals surface area (Å²) >= 11 is 1.64. The Hall–Kier alpha value is -1.42. The Labute approximate surface area is 86.0 Å². The number of carbonyl (C=O) groups excluding carboxylic acids is 1. The highest BCUT2D eigenvalue weighted by Crippen LogP contribution is 2.11. The smallest absolute Gasteiger partial charge is 0.151 e. The highest BCUT2D eigenvalue weighted by molar-refractivity contribution is 7.09. The standard InChI is InChI=1S/C10H10N2OS/c1-8-7-14-10(11-8)5-12-3-2-9(4-12)6-13/h2-4,6-7H,5H2,1H3. The summed E-state index contributed by atoms with van der Waals surface area (Å²) in [6, 6.07) is 1.80. The van der Waals surface area contributed by atoms with Crippen LogP contribution in [-0.4, -0.2) is 15.8 Å². The molecule has 4 heteroatoms. The highest BCUT2D eigenvalue weighted by Gasteiger charge is 2.00.